The molecule has 0 atom stereocenters. The van der Waals surface area contributed by atoms with Gasteiger partial charge in [0.25, 0.3) is 0 Å². The molecule has 0 rings (SSSR count). The minimum absolute atomic E-state index is 0.114. The second-order valence-corrected chi connectivity index (χ2v) is 11.3. The lowest BCUT2D eigenvalue weighted by Crippen LogP contribution is -2.12. The van der Waals surface area contributed by atoms with Crippen LogP contribution in [-0.4, -0.2) is 46.0 Å². The average Bonchev–Trinajstić information content (AvgIpc) is 2.84. The number of hydrogen-bond donors (Lipinski definition) is 1. The average molecular weight is 537 g/mol. The largest absolute Gasteiger partial charge is 0.397 e. The fourth-order valence-corrected chi connectivity index (χ4v) is 4.79. The topological polar surface area (TPSA) is 82.1 Å². The van der Waals surface area contributed by atoms with Gasteiger partial charge in [-0.05, 0) is 6.42 Å². The Kier molecular flexibility index (Phi) is 29.2. The molecule has 0 amide bonds. The molecule has 6 nitrogen and oxygen atoms in total. The van der Waals surface area contributed by atoms with Crippen molar-refractivity contribution in [3.63, 3.8) is 0 Å². The summed E-state index contributed by atoms with van der Waals surface area (Å²) in [5, 5.41) is 0. The zero-order valence-corrected chi connectivity index (χ0v) is 24.5. The van der Waals surface area contributed by atoms with Gasteiger partial charge in [0.15, 0.2) is 0 Å². The minimum atomic E-state index is -4.37. The van der Waals surface area contributed by atoms with E-state index in [-0.39, 0.29) is 13.2 Å². The zero-order valence-electron chi connectivity index (χ0n) is 23.7. The number of hydrogen-bond acceptors (Lipinski definition) is 5. The van der Waals surface area contributed by atoms with E-state index in [2.05, 4.69) is 11.1 Å². The molecular weight excluding hydrogens is 476 g/mol. The number of unbranched alkanes of at least 4 members (excludes halogenated alkanes) is 22. The first-order valence-electron chi connectivity index (χ1n) is 15.3. The van der Waals surface area contributed by atoms with E-state index in [1.54, 1.807) is 0 Å². The van der Waals surface area contributed by atoms with Gasteiger partial charge in [0.05, 0.1) is 26.4 Å². The Bertz CT molecular complexity index is 512. The summed E-state index contributed by atoms with van der Waals surface area (Å²) in [5.41, 5.74) is 0. The Morgan fingerprint density at radius 1 is 0.417 bits per heavy atom. The van der Waals surface area contributed by atoms with Gasteiger partial charge in [0, 0.05) is 6.61 Å². The van der Waals surface area contributed by atoms with E-state index >= 15 is 0 Å². The Hall–Kier alpha value is -0.210. The van der Waals surface area contributed by atoms with Crippen LogP contribution in [0.2, 0.25) is 0 Å². The second-order valence-electron chi connectivity index (χ2n) is 10.3. The predicted octanol–water partition coefficient (Wildman–Crippen LogP) is 8.83. The monoisotopic (exact) mass is 536 g/mol. The van der Waals surface area contributed by atoms with E-state index in [0.29, 0.717) is 13.2 Å². The summed E-state index contributed by atoms with van der Waals surface area (Å²) < 4.78 is 43.9. The maximum Gasteiger partial charge on any atom is 0.397 e. The summed E-state index contributed by atoms with van der Waals surface area (Å²) in [6.45, 7) is 3.85. The third-order valence-corrected chi connectivity index (χ3v) is 7.19. The van der Waals surface area contributed by atoms with E-state index in [1.165, 1.54) is 141 Å². The SMILES string of the molecule is CCCCCCCCCCCCCCCCCCCCCCCCCOCCOCCOS(=O)(=O)O. The second kappa shape index (κ2) is 29.3. The normalized spacial score (nSPS) is 11.9. The molecule has 0 bridgehead atoms. The van der Waals surface area contributed by atoms with Crippen molar-refractivity contribution in [3.05, 3.63) is 0 Å². The van der Waals surface area contributed by atoms with Crippen LogP contribution in [0.1, 0.15) is 155 Å². The molecule has 0 aliphatic rings. The van der Waals surface area contributed by atoms with Gasteiger partial charge in [-0.3, -0.25) is 4.55 Å². The lowest BCUT2D eigenvalue weighted by Gasteiger charge is -2.06. The van der Waals surface area contributed by atoms with Crippen molar-refractivity contribution in [1.82, 2.24) is 0 Å². The van der Waals surface area contributed by atoms with Crippen LogP contribution in [-0.2, 0) is 24.1 Å². The van der Waals surface area contributed by atoms with Crippen LogP contribution in [0.25, 0.3) is 0 Å². The van der Waals surface area contributed by atoms with E-state index in [0.717, 1.165) is 13.0 Å². The number of ether oxygens (including phenoxy) is 2. The Morgan fingerprint density at radius 3 is 1.03 bits per heavy atom. The summed E-state index contributed by atoms with van der Waals surface area (Å²) in [6.07, 6.45) is 32.1. The van der Waals surface area contributed by atoms with Crippen LogP contribution >= 0.6 is 0 Å². The van der Waals surface area contributed by atoms with E-state index < -0.39 is 10.4 Å². The summed E-state index contributed by atoms with van der Waals surface area (Å²) in [4.78, 5) is 0. The molecule has 7 heteroatoms. The molecule has 0 heterocycles. The summed E-state index contributed by atoms with van der Waals surface area (Å²) >= 11 is 0. The molecule has 0 aromatic carbocycles. The number of rotatable bonds is 31. The van der Waals surface area contributed by atoms with Gasteiger partial charge in [-0.2, -0.15) is 8.42 Å². The quantitative estimate of drug-likeness (QED) is 0.0704. The van der Waals surface area contributed by atoms with Crippen LogP contribution in [0.5, 0.6) is 0 Å². The first kappa shape index (κ1) is 35.8. The van der Waals surface area contributed by atoms with Gasteiger partial charge >= 0.3 is 10.4 Å². The van der Waals surface area contributed by atoms with Crippen LogP contribution in [0.4, 0.5) is 0 Å². The molecule has 36 heavy (non-hydrogen) atoms. The fourth-order valence-electron chi connectivity index (χ4n) is 4.51. The van der Waals surface area contributed by atoms with Gasteiger partial charge in [-0.15, -0.1) is 0 Å². The van der Waals surface area contributed by atoms with Gasteiger partial charge in [-0.1, -0.05) is 148 Å². The van der Waals surface area contributed by atoms with Gasteiger partial charge < -0.3 is 9.47 Å². The van der Waals surface area contributed by atoms with Crippen molar-refractivity contribution in [2.45, 2.75) is 155 Å². The Balaban J connectivity index is 3.04. The highest BCUT2D eigenvalue weighted by atomic mass is 32.3. The molecule has 0 aliphatic heterocycles. The summed E-state index contributed by atoms with van der Waals surface area (Å²) in [7, 11) is -4.37. The van der Waals surface area contributed by atoms with Gasteiger partial charge in [0.2, 0.25) is 0 Å². The van der Waals surface area contributed by atoms with Crippen molar-refractivity contribution < 1.29 is 26.6 Å². The van der Waals surface area contributed by atoms with Gasteiger partial charge in [0.1, 0.15) is 0 Å². The smallest absolute Gasteiger partial charge is 0.379 e. The standard InChI is InChI=1S/C29H60O6S/c1-2-3-4-5-6-7-8-9-10-11-12-13-14-15-16-17-18-19-20-21-22-23-24-25-33-26-27-34-28-29-35-36(30,31)32/h2-29H2,1H3,(H,30,31,32). The van der Waals surface area contributed by atoms with Crippen molar-refractivity contribution in [1.29, 1.82) is 0 Å². The first-order valence-corrected chi connectivity index (χ1v) is 16.7. The summed E-state index contributed by atoms with van der Waals surface area (Å²) in [5.74, 6) is 0. The Labute approximate surface area is 224 Å². The highest BCUT2D eigenvalue weighted by Gasteiger charge is 2.02. The molecule has 0 saturated heterocycles. The minimum Gasteiger partial charge on any atom is -0.379 e. The first-order chi connectivity index (χ1) is 17.6. The Morgan fingerprint density at radius 2 is 0.694 bits per heavy atom. The van der Waals surface area contributed by atoms with Crippen LogP contribution in [0.15, 0.2) is 0 Å². The predicted molar refractivity (Wildman–Crippen MR) is 151 cm³/mol. The highest BCUT2D eigenvalue weighted by molar-refractivity contribution is 7.80. The van der Waals surface area contributed by atoms with E-state index in [4.69, 9.17) is 14.0 Å². The molecule has 0 fully saturated rings. The van der Waals surface area contributed by atoms with Crippen molar-refractivity contribution >= 4 is 10.4 Å². The van der Waals surface area contributed by atoms with Crippen molar-refractivity contribution in [2.24, 2.45) is 0 Å². The van der Waals surface area contributed by atoms with E-state index in [1.807, 2.05) is 0 Å². The van der Waals surface area contributed by atoms with Gasteiger partial charge in [-0.25, -0.2) is 4.18 Å². The van der Waals surface area contributed by atoms with Crippen molar-refractivity contribution in [2.75, 3.05) is 33.0 Å². The molecule has 0 radical (unpaired) electrons. The van der Waals surface area contributed by atoms with E-state index in [9.17, 15) is 8.42 Å². The lowest BCUT2D eigenvalue weighted by molar-refractivity contribution is 0.0346. The lowest BCUT2D eigenvalue weighted by atomic mass is 10.0. The fraction of sp³-hybridized carbons (Fsp3) is 1.00. The maximum absolute atomic E-state index is 10.3. The van der Waals surface area contributed by atoms with Crippen molar-refractivity contribution in [3.8, 4) is 0 Å². The van der Waals surface area contributed by atoms with Crippen LogP contribution in [0.3, 0.4) is 0 Å². The highest BCUT2D eigenvalue weighted by Crippen LogP contribution is 2.15. The molecular formula is C29H60O6S. The van der Waals surface area contributed by atoms with Crippen LogP contribution < -0.4 is 0 Å². The summed E-state index contributed by atoms with van der Waals surface area (Å²) in [6, 6.07) is 0. The zero-order chi connectivity index (χ0) is 26.4. The molecule has 0 aliphatic carbocycles. The molecule has 0 spiro atoms. The third kappa shape index (κ3) is 33.8. The molecule has 0 saturated carbocycles. The molecule has 218 valence electrons. The molecule has 0 unspecified atom stereocenters. The molecule has 1 N–H and O–H groups in total. The molecule has 0 aromatic rings. The third-order valence-electron chi connectivity index (χ3n) is 6.72. The maximum atomic E-state index is 10.3. The molecule has 0 aromatic heterocycles. The van der Waals surface area contributed by atoms with Crippen LogP contribution in [0, 0.1) is 0 Å².